The van der Waals surface area contributed by atoms with E-state index in [-0.39, 0.29) is 19.2 Å². The highest BCUT2D eigenvalue weighted by Crippen LogP contribution is 2.36. The molecule has 0 spiro atoms. The second-order valence-electron chi connectivity index (χ2n) is 15.0. The molecule has 0 saturated heterocycles. The van der Waals surface area contributed by atoms with Gasteiger partial charge in [0.05, 0.1) is 13.2 Å². The number of carbonyl (C=O) groups is 1. The molecule has 0 aromatic heterocycles. The van der Waals surface area contributed by atoms with Gasteiger partial charge in [-0.15, -0.1) is 0 Å². The lowest BCUT2D eigenvalue weighted by Gasteiger charge is -2.18. The second-order valence-corrected chi connectivity index (χ2v) is 16.3. The molecule has 0 fully saturated rings. The summed E-state index contributed by atoms with van der Waals surface area (Å²) in [6.45, 7) is 4.80. The van der Waals surface area contributed by atoms with Gasteiger partial charge in [0.1, 0.15) is 6.10 Å². The van der Waals surface area contributed by atoms with E-state index in [1.54, 1.807) is 0 Å². The van der Waals surface area contributed by atoms with E-state index >= 15 is 0 Å². The molecule has 0 unspecified atom stereocenters. The Morgan fingerprint density at radius 1 is 0.460 bits per heavy atom. The summed E-state index contributed by atoms with van der Waals surface area (Å²) in [6.07, 6.45) is 43.9. The van der Waals surface area contributed by atoms with Crippen molar-refractivity contribution < 1.29 is 33.1 Å². The number of unbranched alkanes of at least 4 members (excludes halogenated alkanes) is 32. The number of carbonyl (C=O) groups excluding carboxylic acids is 1. The minimum absolute atomic E-state index is 0.0864. The van der Waals surface area contributed by atoms with E-state index in [4.69, 9.17) is 19.3 Å². The van der Waals surface area contributed by atoms with Crippen molar-refractivity contribution in [3.8, 4) is 0 Å². The van der Waals surface area contributed by atoms with Crippen molar-refractivity contribution in [2.45, 2.75) is 245 Å². The molecule has 0 aliphatic heterocycles. The molecule has 8 heteroatoms. The van der Waals surface area contributed by atoms with Crippen molar-refractivity contribution in [2.75, 3.05) is 19.8 Å². The molecule has 0 saturated carbocycles. The zero-order valence-corrected chi connectivity index (χ0v) is 34.2. The standard InChI is InChI=1S/C42H85O7P/c1-3-5-7-9-11-13-15-17-18-19-20-21-22-23-24-25-26-27-29-31-33-35-37-42(43)49-41(40-48-50(44,45)46)39-47-38-36-34-32-30-28-16-14-12-10-8-6-4-2/h41H,3-40H2,1-2H3,(H2,44,45,46)/t41-/m1/s1. The topological polar surface area (TPSA) is 102 Å². The van der Waals surface area contributed by atoms with Gasteiger partial charge in [-0.1, -0.05) is 219 Å². The number of hydrogen-bond acceptors (Lipinski definition) is 5. The van der Waals surface area contributed by atoms with E-state index in [2.05, 4.69) is 18.4 Å². The maximum Gasteiger partial charge on any atom is 0.469 e. The molecule has 0 heterocycles. The third-order valence-corrected chi connectivity index (χ3v) is 10.4. The number of esters is 1. The van der Waals surface area contributed by atoms with Crippen LogP contribution in [0, 0.1) is 0 Å². The lowest BCUT2D eigenvalue weighted by atomic mass is 10.0. The molecular weight excluding hydrogens is 647 g/mol. The summed E-state index contributed by atoms with van der Waals surface area (Å²) in [5, 5.41) is 0. The first-order chi connectivity index (χ1) is 24.4. The average molecular weight is 733 g/mol. The Kier molecular flexibility index (Phi) is 39.4. The monoisotopic (exact) mass is 733 g/mol. The molecule has 0 rings (SSSR count). The normalized spacial score (nSPS) is 12.5. The quantitative estimate of drug-likeness (QED) is 0.0366. The molecule has 1 atom stereocenters. The van der Waals surface area contributed by atoms with E-state index in [0.717, 1.165) is 32.1 Å². The van der Waals surface area contributed by atoms with E-state index in [9.17, 15) is 9.36 Å². The smallest absolute Gasteiger partial charge is 0.457 e. The minimum atomic E-state index is -4.64. The highest BCUT2D eigenvalue weighted by atomic mass is 31.2. The Balaban J connectivity index is 3.67. The van der Waals surface area contributed by atoms with E-state index in [0.29, 0.717) is 13.0 Å². The Morgan fingerprint density at radius 2 is 0.760 bits per heavy atom. The van der Waals surface area contributed by atoms with Crippen molar-refractivity contribution in [3.05, 3.63) is 0 Å². The zero-order valence-electron chi connectivity index (χ0n) is 33.3. The molecule has 0 amide bonds. The van der Waals surface area contributed by atoms with Crippen LogP contribution in [0.25, 0.3) is 0 Å². The van der Waals surface area contributed by atoms with Crippen LogP contribution in [0.2, 0.25) is 0 Å². The maximum atomic E-state index is 12.4. The summed E-state index contributed by atoms with van der Waals surface area (Å²) in [4.78, 5) is 30.6. The lowest BCUT2D eigenvalue weighted by Crippen LogP contribution is -2.28. The maximum absolute atomic E-state index is 12.4. The number of hydrogen-bond donors (Lipinski definition) is 2. The SMILES string of the molecule is CCCCCCCCCCCCCCCCCCCCCCCCC(=O)O[C@H](COCCCCCCCCCCCCCC)COP(=O)(O)O. The Morgan fingerprint density at radius 3 is 1.08 bits per heavy atom. The number of phosphoric ester groups is 1. The van der Waals surface area contributed by atoms with Crippen LogP contribution in [-0.4, -0.2) is 41.7 Å². The van der Waals surface area contributed by atoms with Crippen molar-refractivity contribution in [1.29, 1.82) is 0 Å². The number of ether oxygens (including phenoxy) is 2. The summed E-state index contributed by atoms with van der Waals surface area (Å²) in [6, 6.07) is 0. The molecule has 0 aliphatic rings. The zero-order chi connectivity index (χ0) is 36.6. The fourth-order valence-corrected chi connectivity index (χ4v) is 7.04. The van der Waals surface area contributed by atoms with Crippen LogP contribution < -0.4 is 0 Å². The molecule has 50 heavy (non-hydrogen) atoms. The summed E-state index contributed by atoms with van der Waals surface area (Å²) in [5.74, 6) is -0.355. The van der Waals surface area contributed by atoms with Crippen LogP contribution in [0.1, 0.15) is 239 Å². The molecule has 2 N–H and O–H groups in total. The first kappa shape index (κ1) is 49.5. The van der Waals surface area contributed by atoms with Gasteiger partial charge in [0.2, 0.25) is 0 Å². The van der Waals surface area contributed by atoms with Gasteiger partial charge < -0.3 is 19.3 Å². The van der Waals surface area contributed by atoms with Crippen LogP contribution in [0.3, 0.4) is 0 Å². The third-order valence-electron chi connectivity index (χ3n) is 9.91. The molecule has 0 bridgehead atoms. The highest BCUT2D eigenvalue weighted by Gasteiger charge is 2.21. The Labute approximate surface area is 310 Å². The predicted octanol–water partition coefficient (Wildman–Crippen LogP) is 13.7. The van der Waals surface area contributed by atoms with E-state index < -0.39 is 13.9 Å². The average Bonchev–Trinajstić information content (AvgIpc) is 3.09. The summed E-state index contributed by atoms with van der Waals surface area (Å²) < 4.78 is 27.0. The Hall–Kier alpha value is -0.460. The molecule has 0 aromatic carbocycles. The van der Waals surface area contributed by atoms with Gasteiger partial charge in [-0.25, -0.2) is 4.57 Å². The van der Waals surface area contributed by atoms with E-state index in [1.165, 1.54) is 186 Å². The summed E-state index contributed by atoms with van der Waals surface area (Å²) in [7, 11) is -4.64. The molecule has 0 radical (unpaired) electrons. The van der Waals surface area contributed by atoms with Gasteiger partial charge in [-0.05, 0) is 12.8 Å². The first-order valence-corrected chi connectivity index (χ1v) is 23.4. The van der Waals surface area contributed by atoms with Crippen LogP contribution in [0.5, 0.6) is 0 Å². The van der Waals surface area contributed by atoms with Crippen LogP contribution in [-0.2, 0) is 23.4 Å². The van der Waals surface area contributed by atoms with Crippen molar-refractivity contribution in [1.82, 2.24) is 0 Å². The minimum Gasteiger partial charge on any atom is -0.457 e. The van der Waals surface area contributed by atoms with Gasteiger partial charge in [0.15, 0.2) is 0 Å². The highest BCUT2D eigenvalue weighted by molar-refractivity contribution is 7.46. The predicted molar refractivity (Wildman–Crippen MR) is 212 cm³/mol. The molecular formula is C42H85O7P. The van der Waals surface area contributed by atoms with Crippen LogP contribution >= 0.6 is 7.82 Å². The molecule has 7 nitrogen and oxygen atoms in total. The largest absolute Gasteiger partial charge is 0.469 e. The fourth-order valence-electron chi connectivity index (χ4n) is 6.68. The first-order valence-electron chi connectivity index (χ1n) is 21.9. The van der Waals surface area contributed by atoms with Gasteiger partial charge in [0, 0.05) is 13.0 Å². The van der Waals surface area contributed by atoms with E-state index in [1.807, 2.05) is 0 Å². The van der Waals surface area contributed by atoms with Gasteiger partial charge in [-0.2, -0.15) is 0 Å². The Bertz CT molecular complexity index is 729. The van der Waals surface area contributed by atoms with Crippen LogP contribution in [0.4, 0.5) is 0 Å². The lowest BCUT2D eigenvalue weighted by molar-refractivity contribution is -0.154. The summed E-state index contributed by atoms with van der Waals surface area (Å²) >= 11 is 0. The van der Waals surface area contributed by atoms with Crippen molar-refractivity contribution in [3.63, 3.8) is 0 Å². The number of rotatable bonds is 42. The van der Waals surface area contributed by atoms with Gasteiger partial charge >= 0.3 is 13.8 Å². The molecule has 0 aromatic rings. The second kappa shape index (κ2) is 39.7. The molecule has 300 valence electrons. The van der Waals surface area contributed by atoms with Crippen molar-refractivity contribution in [2.24, 2.45) is 0 Å². The molecule has 0 aliphatic carbocycles. The van der Waals surface area contributed by atoms with Crippen molar-refractivity contribution >= 4 is 13.8 Å². The fraction of sp³-hybridized carbons (Fsp3) is 0.976. The summed E-state index contributed by atoms with van der Waals surface area (Å²) in [5.41, 5.74) is 0. The van der Waals surface area contributed by atoms with Gasteiger partial charge in [0.25, 0.3) is 0 Å². The third kappa shape index (κ3) is 42.0. The van der Waals surface area contributed by atoms with Crippen LogP contribution in [0.15, 0.2) is 0 Å². The number of phosphoric acid groups is 1. The van der Waals surface area contributed by atoms with Gasteiger partial charge in [-0.3, -0.25) is 9.32 Å².